The summed E-state index contributed by atoms with van der Waals surface area (Å²) in [6.07, 6.45) is 0.802. The summed E-state index contributed by atoms with van der Waals surface area (Å²) in [7, 11) is 2.43. The molecule has 1 aromatic heterocycles. The molecule has 0 saturated heterocycles. The third-order valence-corrected chi connectivity index (χ3v) is 5.47. The molecule has 3 rings (SSSR count). The topological polar surface area (TPSA) is 183 Å². The molecule has 12 nitrogen and oxygen atoms in total. The predicted octanol–water partition coefficient (Wildman–Crippen LogP) is 0.245. The van der Waals surface area contributed by atoms with Crippen LogP contribution < -0.4 is 21.9 Å². The van der Waals surface area contributed by atoms with Crippen LogP contribution in [0.3, 0.4) is 0 Å². The van der Waals surface area contributed by atoms with Crippen LogP contribution in [0.15, 0.2) is 29.1 Å². The molecule has 0 saturated carbocycles. The van der Waals surface area contributed by atoms with Crippen molar-refractivity contribution in [3.8, 4) is 0 Å². The Morgan fingerprint density at radius 1 is 1.15 bits per heavy atom. The van der Waals surface area contributed by atoms with Gasteiger partial charge in [0.25, 0.3) is 11.5 Å². The molecule has 2 atom stereocenters. The minimum Gasteiger partial charge on any atom is -0.469 e. The van der Waals surface area contributed by atoms with Crippen LogP contribution in [-0.2, 0) is 30.3 Å². The summed E-state index contributed by atoms with van der Waals surface area (Å²) in [5, 5.41) is 5.13. The maximum absolute atomic E-state index is 12.6. The number of hydrogen-bond donors (Lipinski definition) is 4. The molecule has 1 aliphatic rings. The van der Waals surface area contributed by atoms with E-state index in [9.17, 15) is 24.0 Å². The maximum atomic E-state index is 12.6. The smallest absolute Gasteiger partial charge is 0.328 e. The van der Waals surface area contributed by atoms with Crippen molar-refractivity contribution in [3.63, 3.8) is 0 Å². The van der Waals surface area contributed by atoms with E-state index in [0.29, 0.717) is 18.4 Å². The number of methoxy groups -OCH3 is 2. The lowest BCUT2D eigenvalue weighted by Crippen LogP contribution is -2.41. The molecular formula is C22H25N5O7. The Kier molecular flexibility index (Phi) is 7.61. The van der Waals surface area contributed by atoms with Crippen molar-refractivity contribution in [1.29, 1.82) is 0 Å². The molecule has 2 aromatic rings. The summed E-state index contributed by atoms with van der Waals surface area (Å²) >= 11 is 0. The van der Waals surface area contributed by atoms with Crippen LogP contribution in [0, 0.1) is 0 Å². The van der Waals surface area contributed by atoms with Gasteiger partial charge < -0.3 is 25.8 Å². The van der Waals surface area contributed by atoms with Gasteiger partial charge in [0, 0.05) is 12.0 Å². The van der Waals surface area contributed by atoms with E-state index in [1.54, 1.807) is 24.3 Å². The Hall–Kier alpha value is -4.22. The maximum Gasteiger partial charge on any atom is 0.328 e. The zero-order chi connectivity index (χ0) is 24.8. The number of ether oxygens (including phenoxy) is 2. The van der Waals surface area contributed by atoms with Crippen molar-refractivity contribution in [2.75, 3.05) is 25.3 Å². The Morgan fingerprint density at radius 2 is 1.85 bits per heavy atom. The zero-order valence-corrected chi connectivity index (χ0v) is 18.7. The van der Waals surface area contributed by atoms with Gasteiger partial charge in [-0.2, -0.15) is 4.98 Å². The Morgan fingerprint density at radius 3 is 2.50 bits per heavy atom. The van der Waals surface area contributed by atoms with E-state index < -0.39 is 35.4 Å². The standard InChI is InChI=1S/C22H25N5O7/c1-33-15(28)10-9-14(21(32)34-2)24-18(29)12-6-3-11(4-7-12)5-8-13-16-17(25-19(13)30)26-22(23)27-20(16)31/h3-4,6-7,13-14H,5,8-10H2,1-2H3,(H,24,29)(H4,23,25,26,27,30,31)/t13?,14-/m0/s1. The van der Waals surface area contributed by atoms with E-state index in [-0.39, 0.29) is 36.1 Å². The number of rotatable bonds is 9. The van der Waals surface area contributed by atoms with Gasteiger partial charge in [0.2, 0.25) is 11.9 Å². The third-order valence-electron chi connectivity index (χ3n) is 5.47. The molecule has 0 aliphatic carbocycles. The number of amides is 2. The normalized spacial score (nSPS) is 15.1. The number of H-pyrrole nitrogens is 1. The summed E-state index contributed by atoms with van der Waals surface area (Å²) in [5.74, 6) is -2.57. The first-order valence-corrected chi connectivity index (χ1v) is 10.5. The fraction of sp³-hybridized carbons (Fsp3) is 0.364. The van der Waals surface area contributed by atoms with Gasteiger partial charge >= 0.3 is 11.9 Å². The number of nitrogen functional groups attached to an aromatic ring is 1. The number of hydrogen-bond acceptors (Lipinski definition) is 9. The molecule has 5 N–H and O–H groups in total. The van der Waals surface area contributed by atoms with Gasteiger partial charge in [0.1, 0.15) is 11.9 Å². The molecule has 0 radical (unpaired) electrons. The highest BCUT2D eigenvalue weighted by Gasteiger charge is 2.34. The third kappa shape index (κ3) is 5.57. The van der Waals surface area contributed by atoms with Crippen LogP contribution in [-0.4, -0.2) is 54.0 Å². The van der Waals surface area contributed by atoms with E-state index in [2.05, 4.69) is 30.1 Å². The minimum atomic E-state index is -1.00. The Bertz CT molecular complexity index is 1160. The molecule has 1 aromatic carbocycles. The van der Waals surface area contributed by atoms with Crippen LogP contribution in [0.1, 0.15) is 46.7 Å². The molecule has 2 amide bonds. The van der Waals surface area contributed by atoms with Crippen LogP contribution in [0.2, 0.25) is 0 Å². The second-order valence-electron chi connectivity index (χ2n) is 7.65. The van der Waals surface area contributed by atoms with Crippen LogP contribution >= 0.6 is 0 Å². The molecule has 0 bridgehead atoms. The van der Waals surface area contributed by atoms with Gasteiger partial charge in [-0.25, -0.2) is 4.79 Å². The van der Waals surface area contributed by atoms with Crippen LogP contribution in [0.5, 0.6) is 0 Å². The second-order valence-corrected chi connectivity index (χ2v) is 7.65. The number of aromatic amines is 1. The fourth-order valence-electron chi connectivity index (χ4n) is 3.66. The highest BCUT2D eigenvalue weighted by molar-refractivity contribution is 6.01. The van der Waals surface area contributed by atoms with Crippen molar-refractivity contribution in [1.82, 2.24) is 15.3 Å². The van der Waals surface area contributed by atoms with E-state index in [1.165, 1.54) is 14.2 Å². The van der Waals surface area contributed by atoms with Crippen LogP contribution in [0.4, 0.5) is 11.8 Å². The summed E-state index contributed by atoms with van der Waals surface area (Å²) in [6.45, 7) is 0. The highest BCUT2D eigenvalue weighted by atomic mass is 16.5. The first-order chi connectivity index (χ1) is 16.2. The number of esters is 2. The number of carbonyl (C=O) groups excluding carboxylic acids is 4. The second kappa shape index (κ2) is 10.6. The lowest BCUT2D eigenvalue weighted by molar-refractivity contribution is -0.144. The first-order valence-electron chi connectivity index (χ1n) is 10.5. The SMILES string of the molecule is COC(=O)CC[C@H](NC(=O)c1ccc(CCC2C(=O)Nc3nc(N)[nH]c(=O)c32)cc1)C(=O)OC. The quantitative estimate of drug-likeness (QED) is 0.372. The number of fused-ring (bicyclic) bond motifs is 1. The van der Waals surface area contributed by atoms with Crippen molar-refractivity contribution in [2.45, 2.75) is 37.6 Å². The number of benzene rings is 1. The van der Waals surface area contributed by atoms with Crippen molar-refractivity contribution < 1.29 is 28.7 Å². The van der Waals surface area contributed by atoms with Gasteiger partial charge in [0.05, 0.1) is 25.7 Å². The summed E-state index contributed by atoms with van der Waals surface area (Å²) in [6, 6.07) is 5.59. The summed E-state index contributed by atoms with van der Waals surface area (Å²) < 4.78 is 9.25. The number of carbonyl (C=O) groups is 4. The number of nitrogens with one attached hydrogen (secondary N) is 3. The molecule has 34 heavy (non-hydrogen) atoms. The van der Waals surface area contributed by atoms with Gasteiger partial charge in [-0.05, 0) is 37.0 Å². The highest BCUT2D eigenvalue weighted by Crippen LogP contribution is 2.31. The molecule has 0 fully saturated rings. The van der Waals surface area contributed by atoms with Crippen molar-refractivity contribution in [2.24, 2.45) is 0 Å². The number of aromatic nitrogens is 2. The molecule has 12 heteroatoms. The predicted molar refractivity (Wildman–Crippen MR) is 120 cm³/mol. The molecular weight excluding hydrogens is 446 g/mol. The van der Waals surface area contributed by atoms with Crippen LogP contribution in [0.25, 0.3) is 0 Å². The summed E-state index contributed by atoms with van der Waals surface area (Å²) in [4.78, 5) is 66.7. The molecule has 180 valence electrons. The van der Waals surface area contributed by atoms with E-state index in [1.807, 2.05) is 0 Å². The average Bonchev–Trinajstić information content (AvgIpc) is 3.14. The van der Waals surface area contributed by atoms with Gasteiger partial charge in [-0.1, -0.05) is 12.1 Å². The molecule has 2 heterocycles. The van der Waals surface area contributed by atoms with Gasteiger partial charge in [-0.15, -0.1) is 0 Å². The van der Waals surface area contributed by atoms with E-state index in [0.717, 1.165) is 5.56 Å². The first kappa shape index (κ1) is 24.4. The zero-order valence-electron chi connectivity index (χ0n) is 18.7. The number of aryl methyl sites for hydroxylation is 1. The lowest BCUT2D eigenvalue weighted by Gasteiger charge is -2.16. The Labute approximate surface area is 194 Å². The number of nitrogens with two attached hydrogens (primary N) is 1. The monoisotopic (exact) mass is 471 g/mol. The van der Waals surface area contributed by atoms with Crippen molar-refractivity contribution >= 4 is 35.5 Å². The van der Waals surface area contributed by atoms with Gasteiger partial charge in [0.15, 0.2) is 0 Å². The fourth-order valence-corrected chi connectivity index (χ4v) is 3.66. The number of nitrogens with zero attached hydrogens (tertiary/aromatic N) is 1. The largest absolute Gasteiger partial charge is 0.469 e. The average molecular weight is 471 g/mol. The molecule has 1 aliphatic heterocycles. The van der Waals surface area contributed by atoms with E-state index in [4.69, 9.17) is 5.73 Å². The van der Waals surface area contributed by atoms with E-state index >= 15 is 0 Å². The molecule has 0 spiro atoms. The number of anilines is 2. The van der Waals surface area contributed by atoms with Gasteiger partial charge in [-0.3, -0.25) is 24.2 Å². The van der Waals surface area contributed by atoms with Crippen molar-refractivity contribution in [3.05, 3.63) is 51.3 Å². The molecule has 1 unspecified atom stereocenters. The minimum absolute atomic E-state index is 0.0355. The lowest BCUT2D eigenvalue weighted by atomic mass is 9.94. The Balaban J connectivity index is 1.62. The summed E-state index contributed by atoms with van der Waals surface area (Å²) in [5.41, 5.74) is 6.47.